The van der Waals surface area contributed by atoms with Crippen LogP contribution in [0, 0.1) is 0 Å². The normalized spacial score (nSPS) is 17.6. The zero-order chi connectivity index (χ0) is 14.9. The van der Waals surface area contributed by atoms with E-state index in [0.717, 1.165) is 17.3 Å². The molecular weight excluding hydrogens is 324 g/mol. The Bertz CT molecular complexity index is 537. The van der Waals surface area contributed by atoms with Crippen molar-refractivity contribution in [1.82, 2.24) is 9.88 Å². The predicted octanol–water partition coefficient (Wildman–Crippen LogP) is 2.96. The molecule has 0 bridgehead atoms. The molecule has 6 heteroatoms. The Morgan fingerprint density at radius 2 is 2.20 bits per heavy atom. The Balaban J connectivity index is 2.21. The Hall–Kier alpha value is -1.30. The third-order valence-electron chi connectivity index (χ3n) is 3.60. The second-order valence-electron chi connectivity index (χ2n) is 5.52. The zero-order valence-corrected chi connectivity index (χ0v) is 13.2. The van der Waals surface area contributed by atoms with Gasteiger partial charge in [0.15, 0.2) is 0 Å². The van der Waals surface area contributed by atoms with Gasteiger partial charge in [-0.1, -0.05) is 13.3 Å². The molecular formula is C14H19BrN2O3. The van der Waals surface area contributed by atoms with E-state index in [4.69, 9.17) is 0 Å². The van der Waals surface area contributed by atoms with Crippen molar-refractivity contribution >= 4 is 27.8 Å². The molecule has 1 amide bonds. The van der Waals surface area contributed by atoms with Crippen molar-refractivity contribution in [3.8, 4) is 0 Å². The van der Waals surface area contributed by atoms with Gasteiger partial charge >= 0.3 is 5.97 Å². The monoisotopic (exact) mass is 342 g/mol. The lowest BCUT2D eigenvalue weighted by Crippen LogP contribution is -2.52. The Kier molecular flexibility index (Phi) is 4.22. The van der Waals surface area contributed by atoms with E-state index in [-0.39, 0.29) is 5.91 Å². The number of carboxylic acids is 1. The summed E-state index contributed by atoms with van der Waals surface area (Å²) in [6.07, 6.45) is 5.10. The van der Waals surface area contributed by atoms with Gasteiger partial charge in [0.1, 0.15) is 11.2 Å². The SMILES string of the molecule is CCCC(C)(NC(=O)c1cc(Br)cn1C1CC1)C(=O)O. The van der Waals surface area contributed by atoms with E-state index < -0.39 is 11.5 Å². The molecule has 1 aliphatic carbocycles. The van der Waals surface area contributed by atoms with Crippen molar-refractivity contribution in [1.29, 1.82) is 0 Å². The largest absolute Gasteiger partial charge is 0.480 e. The Labute approximate surface area is 126 Å². The van der Waals surface area contributed by atoms with E-state index in [0.29, 0.717) is 24.6 Å². The van der Waals surface area contributed by atoms with Crippen molar-refractivity contribution in [2.24, 2.45) is 0 Å². The van der Waals surface area contributed by atoms with Crippen LogP contribution in [0.25, 0.3) is 0 Å². The molecule has 1 saturated carbocycles. The van der Waals surface area contributed by atoms with Gasteiger partial charge in [-0.05, 0) is 48.2 Å². The Morgan fingerprint density at radius 1 is 1.55 bits per heavy atom. The van der Waals surface area contributed by atoms with Crippen LogP contribution < -0.4 is 5.32 Å². The number of amides is 1. The number of aromatic nitrogens is 1. The molecule has 1 heterocycles. The summed E-state index contributed by atoms with van der Waals surface area (Å²) in [6, 6.07) is 2.10. The number of nitrogens with zero attached hydrogens (tertiary/aromatic N) is 1. The third kappa shape index (κ3) is 3.06. The lowest BCUT2D eigenvalue weighted by molar-refractivity contribution is -0.144. The molecule has 1 atom stereocenters. The van der Waals surface area contributed by atoms with Crippen LogP contribution in [-0.4, -0.2) is 27.1 Å². The lowest BCUT2D eigenvalue weighted by atomic mass is 9.96. The first-order valence-corrected chi connectivity index (χ1v) is 7.60. The first kappa shape index (κ1) is 15.1. The second-order valence-corrected chi connectivity index (χ2v) is 6.44. The van der Waals surface area contributed by atoms with Crippen LogP contribution in [0.1, 0.15) is 56.1 Å². The molecule has 0 spiro atoms. The topological polar surface area (TPSA) is 71.3 Å². The van der Waals surface area contributed by atoms with Crippen molar-refractivity contribution in [3.63, 3.8) is 0 Å². The minimum absolute atomic E-state index is 0.332. The summed E-state index contributed by atoms with van der Waals surface area (Å²) < 4.78 is 2.76. The maximum atomic E-state index is 12.4. The van der Waals surface area contributed by atoms with Crippen LogP contribution in [0.3, 0.4) is 0 Å². The zero-order valence-electron chi connectivity index (χ0n) is 11.6. The van der Waals surface area contributed by atoms with E-state index in [9.17, 15) is 14.7 Å². The number of hydrogen-bond acceptors (Lipinski definition) is 2. The number of rotatable bonds is 6. The summed E-state index contributed by atoms with van der Waals surface area (Å²) in [4.78, 5) is 23.8. The molecule has 1 unspecified atom stereocenters. The molecule has 0 saturated heterocycles. The van der Waals surface area contributed by atoms with Crippen molar-refractivity contribution in [2.75, 3.05) is 0 Å². The van der Waals surface area contributed by atoms with Crippen LogP contribution in [-0.2, 0) is 4.79 Å². The molecule has 2 rings (SSSR count). The molecule has 0 aromatic carbocycles. The molecule has 1 aromatic rings. The van der Waals surface area contributed by atoms with E-state index in [2.05, 4.69) is 21.2 Å². The summed E-state index contributed by atoms with van der Waals surface area (Å²) in [5.74, 6) is -1.34. The maximum absolute atomic E-state index is 12.4. The number of aliphatic carboxylic acids is 1. The summed E-state index contributed by atoms with van der Waals surface area (Å²) in [5.41, 5.74) is -0.709. The highest BCUT2D eigenvalue weighted by Gasteiger charge is 2.36. The maximum Gasteiger partial charge on any atom is 0.329 e. The van der Waals surface area contributed by atoms with Gasteiger partial charge in [0.25, 0.3) is 5.91 Å². The number of carboxylic acid groups (broad SMARTS) is 1. The van der Waals surface area contributed by atoms with Gasteiger partial charge in [-0.2, -0.15) is 0 Å². The molecule has 110 valence electrons. The van der Waals surface area contributed by atoms with E-state index in [1.807, 2.05) is 17.7 Å². The predicted molar refractivity (Wildman–Crippen MR) is 78.8 cm³/mol. The van der Waals surface area contributed by atoms with Crippen LogP contribution >= 0.6 is 15.9 Å². The summed E-state index contributed by atoms with van der Waals surface area (Å²) in [6.45, 7) is 3.45. The van der Waals surface area contributed by atoms with Crippen LogP contribution in [0.5, 0.6) is 0 Å². The molecule has 2 N–H and O–H groups in total. The summed E-state index contributed by atoms with van der Waals surface area (Å²) in [5, 5.41) is 12.0. The third-order valence-corrected chi connectivity index (χ3v) is 4.03. The molecule has 0 aliphatic heterocycles. The molecule has 0 radical (unpaired) electrons. The molecule has 1 fully saturated rings. The minimum atomic E-state index is -1.23. The van der Waals surface area contributed by atoms with Gasteiger partial charge in [0, 0.05) is 16.7 Å². The molecule has 5 nitrogen and oxygen atoms in total. The first-order valence-electron chi connectivity index (χ1n) is 6.80. The fourth-order valence-electron chi connectivity index (χ4n) is 2.32. The summed E-state index contributed by atoms with van der Waals surface area (Å²) >= 11 is 3.37. The van der Waals surface area contributed by atoms with E-state index in [1.165, 1.54) is 0 Å². The van der Waals surface area contributed by atoms with E-state index >= 15 is 0 Å². The smallest absolute Gasteiger partial charge is 0.329 e. The molecule has 1 aromatic heterocycles. The van der Waals surface area contributed by atoms with Crippen molar-refractivity contribution < 1.29 is 14.7 Å². The number of hydrogen-bond donors (Lipinski definition) is 2. The van der Waals surface area contributed by atoms with E-state index in [1.54, 1.807) is 13.0 Å². The number of nitrogens with one attached hydrogen (secondary N) is 1. The average Bonchev–Trinajstić information content (AvgIpc) is 3.12. The van der Waals surface area contributed by atoms with Crippen LogP contribution in [0.15, 0.2) is 16.7 Å². The lowest BCUT2D eigenvalue weighted by Gasteiger charge is -2.26. The summed E-state index contributed by atoms with van der Waals surface area (Å²) in [7, 11) is 0. The number of carbonyl (C=O) groups is 2. The fraction of sp³-hybridized carbons (Fsp3) is 0.571. The second kappa shape index (κ2) is 5.60. The quantitative estimate of drug-likeness (QED) is 0.834. The minimum Gasteiger partial charge on any atom is -0.480 e. The van der Waals surface area contributed by atoms with Crippen LogP contribution in [0.2, 0.25) is 0 Å². The van der Waals surface area contributed by atoms with Gasteiger partial charge in [-0.25, -0.2) is 4.79 Å². The standard InChI is InChI=1S/C14H19BrN2O3/c1-3-6-14(2,13(19)20)16-12(18)11-7-9(15)8-17(11)10-4-5-10/h7-8,10H,3-6H2,1-2H3,(H,16,18)(H,19,20). The van der Waals surface area contributed by atoms with Gasteiger partial charge < -0.3 is 15.0 Å². The average molecular weight is 343 g/mol. The highest BCUT2D eigenvalue weighted by atomic mass is 79.9. The van der Waals surface area contributed by atoms with Gasteiger partial charge in [-0.15, -0.1) is 0 Å². The molecule has 1 aliphatic rings. The van der Waals surface area contributed by atoms with Crippen molar-refractivity contribution in [2.45, 2.75) is 51.1 Å². The molecule has 20 heavy (non-hydrogen) atoms. The van der Waals surface area contributed by atoms with Gasteiger partial charge in [0.2, 0.25) is 0 Å². The van der Waals surface area contributed by atoms with Crippen molar-refractivity contribution in [3.05, 3.63) is 22.4 Å². The number of carbonyl (C=O) groups excluding carboxylic acids is 1. The first-order chi connectivity index (χ1) is 9.37. The van der Waals surface area contributed by atoms with Gasteiger partial charge in [0.05, 0.1) is 0 Å². The number of halogens is 1. The Morgan fingerprint density at radius 3 is 2.70 bits per heavy atom. The fourth-order valence-corrected chi connectivity index (χ4v) is 2.76. The van der Waals surface area contributed by atoms with Crippen LogP contribution in [0.4, 0.5) is 0 Å². The highest BCUT2D eigenvalue weighted by molar-refractivity contribution is 9.10. The highest BCUT2D eigenvalue weighted by Crippen LogP contribution is 2.37. The van der Waals surface area contributed by atoms with Gasteiger partial charge in [-0.3, -0.25) is 4.79 Å².